The minimum Gasteiger partial charge on any atom is -0.313 e. The van der Waals surface area contributed by atoms with Crippen molar-refractivity contribution in [1.82, 2.24) is 5.32 Å². The molecule has 0 bridgehead atoms. The monoisotopic (exact) mass is 287 g/mol. The van der Waals surface area contributed by atoms with Crippen LogP contribution >= 0.6 is 11.6 Å². The molecule has 1 aromatic rings. The van der Waals surface area contributed by atoms with Crippen LogP contribution in [-0.2, 0) is 9.84 Å². The lowest BCUT2D eigenvalue weighted by Gasteiger charge is -2.20. The highest BCUT2D eigenvalue weighted by Crippen LogP contribution is 2.30. The maximum atomic E-state index is 12.5. The second kappa shape index (κ2) is 5.59. The van der Waals surface area contributed by atoms with Crippen molar-refractivity contribution >= 4 is 21.4 Å². The first-order valence-electron chi connectivity index (χ1n) is 6.28. The van der Waals surface area contributed by atoms with Gasteiger partial charge in [-0.25, -0.2) is 8.42 Å². The Morgan fingerprint density at radius 3 is 2.56 bits per heavy atom. The highest BCUT2D eigenvalue weighted by Gasteiger charge is 2.37. The summed E-state index contributed by atoms with van der Waals surface area (Å²) >= 11 is 5.79. The maximum absolute atomic E-state index is 12.5. The van der Waals surface area contributed by atoms with Crippen molar-refractivity contribution in [2.75, 3.05) is 6.54 Å². The van der Waals surface area contributed by atoms with E-state index in [0.717, 1.165) is 25.8 Å². The van der Waals surface area contributed by atoms with E-state index in [9.17, 15) is 8.42 Å². The SMILES string of the molecule is CCNC1CCCC1S(=O)(=O)c1ccc(Cl)cc1. The molecule has 1 N–H and O–H groups in total. The Kier molecular flexibility index (Phi) is 4.30. The van der Waals surface area contributed by atoms with Crippen LogP contribution in [0.4, 0.5) is 0 Å². The standard InChI is InChI=1S/C13H18ClNO2S/c1-2-15-12-4-3-5-13(12)18(16,17)11-8-6-10(14)7-9-11/h6-9,12-13,15H,2-5H2,1H3. The number of nitrogens with one attached hydrogen (secondary N) is 1. The molecule has 0 heterocycles. The predicted molar refractivity (Wildman–Crippen MR) is 73.7 cm³/mol. The Hall–Kier alpha value is -0.580. The zero-order valence-corrected chi connectivity index (χ0v) is 12.0. The molecular weight excluding hydrogens is 270 g/mol. The van der Waals surface area contributed by atoms with Gasteiger partial charge >= 0.3 is 0 Å². The van der Waals surface area contributed by atoms with Gasteiger partial charge in [-0.3, -0.25) is 0 Å². The number of rotatable bonds is 4. The molecule has 2 unspecified atom stereocenters. The Balaban J connectivity index is 2.27. The highest BCUT2D eigenvalue weighted by atomic mass is 35.5. The summed E-state index contributed by atoms with van der Waals surface area (Å²) in [6, 6.07) is 6.53. The van der Waals surface area contributed by atoms with Gasteiger partial charge in [-0.1, -0.05) is 24.9 Å². The molecule has 1 aromatic carbocycles. The van der Waals surface area contributed by atoms with Crippen molar-refractivity contribution < 1.29 is 8.42 Å². The largest absolute Gasteiger partial charge is 0.313 e. The smallest absolute Gasteiger partial charge is 0.182 e. The normalized spacial score (nSPS) is 24.3. The van der Waals surface area contributed by atoms with E-state index < -0.39 is 9.84 Å². The molecule has 18 heavy (non-hydrogen) atoms. The van der Waals surface area contributed by atoms with Gasteiger partial charge in [0.25, 0.3) is 0 Å². The summed E-state index contributed by atoms with van der Waals surface area (Å²) in [5, 5.41) is 3.53. The van der Waals surface area contributed by atoms with E-state index in [-0.39, 0.29) is 11.3 Å². The van der Waals surface area contributed by atoms with Gasteiger partial charge in [0.15, 0.2) is 9.84 Å². The second-order valence-electron chi connectivity index (χ2n) is 4.63. The van der Waals surface area contributed by atoms with Gasteiger partial charge in [-0.2, -0.15) is 0 Å². The Morgan fingerprint density at radius 2 is 1.94 bits per heavy atom. The van der Waals surface area contributed by atoms with Gasteiger partial charge in [0.2, 0.25) is 0 Å². The zero-order chi connectivity index (χ0) is 13.2. The van der Waals surface area contributed by atoms with E-state index in [0.29, 0.717) is 9.92 Å². The number of halogens is 1. The molecule has 5 heteroatoms. The molecule has 1 fully saturated rings. The van der Waals surface area contributed by atoms with Gasteiger partial charge in [-0.15, -0.1) is 0 Å². The van der Waals surface area contributed by atoms with Gasteiger partial charge in [0.1, 0.15) is 0 Å². The zero-order valence-electron chi connectivity index (χ0n) is 10.4. The summed E-state index contributed by atoms with van der Waals surface area (Å²) < 4.78 is 25.1. The van der Waals surface area contributed by atoms with Crippen LogP contribution in [0, 0.1) is 0 Å². The lowest BCUT2D eigenvalue weighted by molar-refractivity contribution is 0.517. The molecular formula is C13H18ClNO2S. The summed E-state index contributed by atoms with van der Waals surface area (Å²) in [4.78, 5) is 0.377. The van der Waals surface area contributed by atoms with Crippen molar-refractivity contribution in [2.24, 2.45) is 0 Å². The molecule has 0 amide bonds. The molecule has 100 valence electrons. The van der Waals surface area contributed by atoms with Gasteiger partial charge < -0.3 is 5.32 Å². The molecule has 0 spiro atoms. The average Bonchev–Trinajstić information content (AvgIpc) is 2.79. The first-order valence-corrected chi connectivity index (χ1v) is 8.21. The maximum Gasteiger partial charge on any atom is 0.182 e. The van der Waals surface area contributed by atoms with E-state index in [1.54, 1.807) is 24.3 Å². The van der Waals surface area contributed by atoms with Gasteiger partial charge in [-0.05, 0) is 43.7 Å². The van der Waals surface area contributed by atoms with E-state index in [2.05, 4.69) is 5.32 Å². The van der Waals surface area contributed by atoms with E-state index in [1.165, 1.54) is 0 Å². The molecule has 0 saturated heterocycles. The van der Waals surface area contributed by atoms with Crippen LogP contribution in [0.5, 0.6) is 0 Å². The van der Waals surface area contributed by atoms with Crippen molar-refractivity contribution in [3.05, 3.63) is 29.3 Å². The van der Waals surface area contributed by atoms with Crippen molar-refractivity contribution in [1.29, 1.82) is 0 Å². The third-order valence-corrected chi connectivity index (χ3v) is 6.00. The molecule has 2 atom stereocenters. The fraction of sp³-hybridized carbons (Fsp3) is 0.538. The van der Waals surface area contributed by atoms with E-state index >= 15 is 0 Å². The minimum absolute atomic E-state index is 0.0793. The molecule has 3 nitrogen and oxygen atoms in total. The predicted octanol–water partition coefficient (Wildman–Crippen LogP) is 2.64. The van der Waals surface area contributed by atoms with Crippen LogP contribution in [0.3, 0.4) is 0 Å². The highest BCUT2D eigenvalue weighted by molar-refractivity contribution is 7.92. The molecule has 0 radical (unpaired) electrons. The molecule has 1 aliphatic rings. The summed E-state index contributed by atoms with van der Waals surface area (Å²) in [6.45, 7) is 2.81. The first kappa shape index (κ1) is 13.8. The fourth-order valence-electron chi connectivity index (χ4n) is 2.59. The summed E-state index contributed by atoms with van der Waals surface area (Å²) in [7, 11) is -3.25. The molecule has 1 saturated carbocycles. The number of hydrogen-bond donors (Lipinski definition) is 1. The first-order chi connectivity index (χ1) is 8.55. The lowest BCUT2D eigenvalue weighted by Crippen LogP contribution is -2.40. The van der Waals surface area contributed by atoms with Crippen molar-refractivity contribution in [3.8, 4) is 0 Å². The van der Waals surface area contributed by atoms with Crippen molar-refractivity contribution in [2.45, 2.75) is 42.4 Å². The molecule has 0 aliphatic heterocycles. The molecule has 0 aromatic heterocycles. The summed E-state index contributed by atoms with van der Waals surface area (Å²) in [5.41, 5.74) is 0. The number of benzene rings is 1. The Morgan fingerprint density at radius 1 is 1.28 bits per heavy atom. The second-order valence-corrected chi connectivity index (χ2v) is 7.24. The van der Waals surface area contributed by atoms with Crippen LogP contribution in [0.1, 0.15) is 26.2 Å². The van der Waals surface area contributed by atoms with Gasteiger partial charge in [0.05, 0.1) is 10.1 Å². The summed E-state index contributed by atoms with van der Waals surface area (Å²) in [6.07, 6.45) is 2.64. The van der Waals surface area contributed by atoms with Crippen LogP contribution in [-0.4, -0.2) is 26.3 Å². The number of sulfone groups is 1. The van der Waals surface area contributed by atoms with Gasteiger partial charge in [0, 0.05) is 11.1 Å². The van der Waals surface area contributed by atoms with E-state index in [1.807, 2.05) is 6.92 Å². The quantitative estimate of drug-likeness (QED) is 0.926. The fourth-order valence-corrected chi connectivity index (χ4v) is 4.72. The third-order valence-electron chi connectivity index (χ3n) is 3.46. The van der Waals surface area contributed by atoms with E-state index in [4.69, 9.17) is 11.6 Å². The van der Waals surface area contributed by atoms with Crippen LogP contribution in [0.2, 0.25) is 5.02 Å². The lowest BCUT2D eigenvalue weighted by atomic mass is 10.2. The third kappa shape index (κ3) is 2.71. The van der Waals surface area contributed by atoms with Crippen LogP contribution < -0.4 is 5.32 Å². The van der Waals surface area contributed by atoms with Crippen LogP contribution in [0.15, 0.2) is 29.2 Å². The Labute approximate surface area is 113 Å². The van der Waals surface area contributed by atoms with Crippen LogP contribution in [0.25, 0.3) is 0 Å². The summed E-state index contributed by atoms with van der Waals surface area (Å²) in [5.74, 6) is 0. The number of hydrogen-bond acceptors (Lipinski definition) is 3. The Bertz CT molecular complexity index is 498. The molecule has 2 rings (SSSR count). The molecule has 1 aliphatic carbocycles. The topological polar surface area (TPSA) is 46.2 Å². The van der Waals surface area contributed by atoms with Crippen molar-refractivity contribution in [3.63, 3.8) is 0 Å². The average molecular weight is 288 g/mol. The minimum atomic E-state index is -3.25.